The van der Waals surface area contributed by atoms with Gasteiger partial charge in [-0.25, -0.2) is 9.97 Å². The van der Waals surface area contributed by atoms with E-state index in [1.165, 1.54) is 0 Å². The molecule has 0 N–H and O–H groups in total. The molecule has 22 heavy (non-hydrogen) atoms. The molecule has 4 nitrogen and oxygen atoms in total. The molecule has 0 spiro atoms. The first-order valence-corrected chi connectivity index (χ1v) is 10.9. The van der Waals surface area contributed by atoms with Crippen LogP contribution in [0.4, 0.5) is 0 Å². The molecule has 0 saturated carbocycles. The van der Waals surface area contributed by atoms with Gasteiger partial charge in [0.25, 0.3) is 0 Å². The largest absolute Gasteiger partial charge is 0.544 e. The maximum atomic E-state index is 6.16. The van der Waals surface area contributed by atoms with Crippen LogP contribution in [-0.2, 0) is 0 Å². The lowest BCUT2D eigenvalue weighted by atomic mass is 10.1. The van der Waals surface area contributed by atoms with Crippen molar-refractivity contribution in [2.75, 3.05) is 0 Å². The third kappa shape index (κ3) is 4.77. The Morgan fingerprint density at radius 2 is 1.77 bits per heavy atom. The van der Waals surface area contributed by atoms with Crippen LogP contribution in [-0.4, -0.2) is 24.5 Å². The fourth-order valence-electron chi connectivity index (χ4n) is 1.98. The summed E-state index contributed by atoms with van der Waals surface area (Å²) in [7, 11) is -1.65. The molecule has 2 aromatic rings. The molecule has 1 unspecified atom stereocenters. The van der Waals surface area contributed by atoms with Crippen LogP contribution in [0.25, 0.3) is 0 Å². The summed E-state index contributed by atoms with van der Waals surface area (Å²) in [5.41, 5.74) is 2.13. The van der Waals surface area contributed by atoms with Gasteiger partial charge in [0, 0.05) is 18.0 Å². The van der Waals surface area contributed by atoms with Gasteiger partial charge in [-0.15, -0.1) is 0 Å². The smallest absolute Gasteiger partial charge is 0.242 e. The summed E-state index contributed by atoms with van der Waals surface area (Å²) in [6.45, 7) is 10.6. The predicted molar refractivity (Wildman–Crippen MR) is 93.2 cm³/mol. The van der Waals surface area contributed by atoms with Crippen molar-refractivity contribution >= 4 is 14.5 Å². The Labute approximate surface area is 133 Å². The average Bonchev–Trinajstić information content (AvgIpc) is 2.45. The third-order valence-corrected chi connectivity index (χ3v) is 3.83. The van der Waals surface area contributed by atoms with E-state index in [2.05, 4.69) is 47.6 Å². The second-order valence-corrected chi connectivity index (χ2v) is 10.8. The number of aliphatic imine (C=N–C) groups is 1. The average molecular weight is 313 g/mol. The van der Waals surface area contributed by atoms with Gasteiger partial charge in [0.2, 0.25) is 8.32 Å². The van der Waals surface area contributed by atoms with E-state index in [-0.39, 0.29) is 6.04 Å². The standard InChI is InChI=1S/C17H23N3OSi/c1-13-10-19-17(20-11-13)12-18-14(2)15-8-6-7-9-16(15)21-22(3,4)5/h6-12,14H,1-5H3. The van der Waals surface area contributed by atoms with Crippen molar-refractivity contribution in [1.82, 2.24) is 9.97 Å². The molecular formula is C17H23N3OSi. The van der Waals surface area contributed by atoms with Gasteiger partial charge in [-0.3, -0.25) is 4.99 Å². The second kappa shape index (κ2) is 6.83. The van der Waals surface area contributed by atoms with Crippen molar-refractivity contribution in [3.05, 3.63) is 53.6 Å². The summed E-state index contributed by atoms with van der Waals surface area (Å²) >= 11 is 0. The molecule has 0 saturated heterocycles. The van der Waals surface area contributed by atoms with E-state index in [0.29, 0.717) is 5.82 Å². The molecule has 0 radical (unpaired) electrons. The SMILES string of the molecule is Cc1cnc(C=NC(C)c2ccccc2O[Si](C)(C)C)nc1. The quantitative estimate of drug-likeness (QED) is 0.614. The van der Waals surface area contributed by atoms with Crippen molar-refractivity contribution in [1.29, 1.82) is 0 Å². The highest BCUT2D eigenvalue weighted by Crippen LogP contribution is 2.29. The van der Waals surface area contributed by atoms with Gasteiger partial charge in [0.15, 0.2) is 5.82 Å². The molecule has 1 heterocycles. The van der Waals surface area contributed by atoms with Crippen LogP contribution in [0.5, 0.6) is 5.75 Å². The molecule has 116 valence electrons. The summed E-state index contributed by atoms with van der Waals surface area (Å²) in [5.74, 6) is 1.55. The fourth-order valence-corrected chi connectivity index (χ4v) is 2.82. The number of para-hydroxylation sites is 1. The number of rotatable bonds is 5. The molecule has 0 fully saturated rings. The molecule has 1 aromatic heterocycles. The van der Waals surface area contributed by atoms with Gasteiger partial charge >= 0.3 is 0 Å². The zero-order valence-corrected chi connectivity index (χ0v) is 14.9. The Morgan fingerprint density at radius 1 is 1.14 bits per heavy atom. The van der Waals surface area contributed by atoms with E-state index in [9.17, 15) is 0 Å². The fraction of sp³-hybridized carbons (Fsp3) is 0.353. The van der Waals surface area contributed by atoms with E-state index < -0.39 is 8.32 Å². The molecule has 1 atom stereocenters. The summed E-state index contributed by atoms with van der Waals surface area (Å²) in [6, 6.07) is 8.09. The normalized spacial score (nSPS) is 13.3. The molecule has 0 amide bonds. The molecule has 2 rings (SSSR count). The first kappa shape index (κ1) is 16.4. The molecule has 0 aliphatic rings. The van der Waals surface area contributed by atoms with Crippen molar-refractivity contribution in [3.8, 4) is 5.75 Å². The Hall–Kier alpha value is -2.01. The lowest BCUT2D eigenvalue weighted by molar-refractivity contribution is 0.543. The lowest BCUT2D eigenvalue weighted by Gasteiger charge is -2.22. The van der Waals surface area contributed by atoms with Gasteiger partial charge in [-0.2, -0.15) is 0 Å². The summed E-state index contributed by atoms with van der Waals surface area (Å²) in [5, 5.41) is 0. The number of hydrogen-bond acceptors (Lipinski definition) is 4. The summed E-state index contributed by atoms with van der Waals surface area (Å²) < 4.78 is 6.16. The van der Waals surface area contributed by atoms with Crippen LogP contribution >= 0.6 is 0 Å². The predicted octanol–water partition coefficient (Wildman–Crippen LogP) is 4.18. The van der Waals surface area contributed by atoms with E-state index in [1.54, 1.807) is 18.6 Å². The zero-order chi connectivity index (χ0) is 16.2. The van der Waals surface area contributed by atoms with Gasteiger partial charge in [0.1, 0.15) is 5.75 Å². The number of hydrogen-bond donors (Lipinski definition) is 0. The van der Waals surface area contributed by atoms with Crippen LogP contribution in [0.2, 0.25) is 19.6 Å². The Bertz CT molecular complexity index is 648. The minimum Gasteiger partial charge on any atom is -0.544 e. The number of aryl methyl sites for hydroxylation is 1. The maximum Gasteiger partial charge on any atom is 0.242 e. The van der Waals surface area contributed by atoms with E-state index >= 15 is 0 Å². The number of nitrogens with zero attached hydrogens (tertiary/aromatic N) is 3. The van der Waals surface area contributed by atoms with E-state index in [1.807, 2.05) is 25.1 Å². The number of aromatic nitrogens is 2. The highest BCUT2D eigenvalue weighted by Gasteiger charge is 2.19. The van der Waals surface area contributed by atoms with Crippen molar-refractivity contribution in [2.45, 2.75) is 39.5 Å². The first-order valence-electron chi connectivity index (χ1n) is 7.45. The molecular weight excluding hydrogens is 290 g/mol. The minimum absolute atomic E-state index is 0.00236. The maximum absolute atomic E-state index is 6.16. The molecule has 0 bridgehead atoms. The van der Waals surface area contributed by atoms with Crippen molar-refractivity contribution in [3.63, 3.8) is 0 Å². The highest BCUT2D eigenvalue weighted by molar-refractivity contribution is 6.70. The highest BCUT2D eigenvalue weighted by atomic mass is 28.4. The van der Waals surface area contributed by atoms with Crippen LogP contribution in [0.3, 0.4) is 0 Å². The minimum atomic E-state index is -1.65. The third-order valence-electron chi connectivity index (χ3n) is 3.00. The van der Waals surface area contributed by atoms with Crippen LogP contribution in [0.15, 0.2) is 41.7 Å². The zero-order valence-electron chi connectivity index (χ0n) is 13.9. The van der Waals surface area contributed by atoms with Gasteiger partial charge < -0.3 is 4.43 Å². The van der Waals surface area contributed by atoms with E-state index in [0.717, 1.165) is 16.9 Å². The molecule has 1 aromatic carbocycles. The van der Waals surface area contributed by atoms with Crippen molar-refractivity contribution in [2.24, 2.45) is 4.99 Å². The second-order valence-electron chi connectivity index (χ2n) is 6.33. The van der Waals surface area contributed by atoms with Gasteiger partial charge in [-0.1, -0.05) is 18.2 Å². The van der Waals surface area contributed by atoms with Crippen LogP contribution in [0.1, 0.15) is 29.9 Å². The Morgan fingerprint density at radius 3 is 2.41 bits per heavy atom. The molecule has 0 aliphatic carbocycles. The number of benzene rings is 1. The lowest BCUT2D eigenvalue weighted by Crippen LogP contribution is -2.29. The van der Waals surface area contributed by atoms with Gasteiger partial charge in [0.05, 0.1) is 12.3 Å². The molecule has 0 aliphatic heterocycles. The Balaban J connectivity index is 2.19. The summed E-state index contributed by atoms with van der Waals surface area (Å²) in [4.78, 5) is 13.1. The monoisotopic (exact) mass is 313 g/mol. The van der Waals surface area contributed by atoms with E-state index in [4.69, 9.17) is 4.43 Å². The van der Waals surface area contributed by atoms with Crippen molar-refractivity contribution < 1.29 is 4.43 Å². The Kier molecular flexibility index (Phi) is 5.08. The molecule has 5 heteroatoms. The van der Waals surface area contributed by atoms with Crippen LogP contribution < -0.4 is 4.43 Å². The topological polar surface area (TPSA) is 47.4 Å². The van der Waals surface area contributed by atoms with Gasteiger partial charge in [-0.05, 0) is 45.1 Å². The summed E-state index contributed by atoms with van der Waals surface area (Å²) in [6.07, 6.45) is 5.30. The first-order chi connectivity index (χ1) is 10.3. The van der Waals surface area contributed by atoms with Crippen LogP contribution in [0, 0.1) is 6.92 Å².